The summed E-state index contributed by atoms with van der Waals surface area (Å²) in [6.45, 7) is 8.26. The molecule has 1 aliphatic carbocycles. The van der Waals surface area contributed by atoms with Crippen molar-refractivity contribution in [1.29, 1.82) is 0 Å². The Bertz CT molecular complexity index is 684. The maximum absolute atomic E-state index is 12.9. The lowest BCUT2D eigenvalue weighted by molar-refractivity contribution is -0.176. The molecule has 2 rings (SSSR count). The molecule has 6 heteroatoms. The first kappa shape index (κ1) is 21.1. The third-order valence-corrected chi connectivity index (χ3v) is 4.66. The van der Waals surface area contributed by atoms with Crippen molar-refractivity contribution in [2.75, 3.05) is 0 Å². The Morgan fingerprint density at radius 1 is 1.04 bits per heavy atom. The summed E-state index contributed by atoms with van der Waals surface area (Å²) in [6.07, 6.45) is -1.10. The Balaban J connectivity index is 2.57. The average Bonchev–Trinajstić information content (AvgIpc) is 2.52. The molecule has 1 fully saturated rings. The van der Waals surface area contributed by atoms with Crippen LogP contribution < -0.4 is 0 Å². The highest BCUT2D eigenvalue weighted by Gasteiger charge is 2.57. The molecule has 148 valence electrons. The van der Waals surface area contributed by atoms with Crippen LogP contribution in [0.5, 0.6) is 0 Å². The van der Waals surface area contributed by atoms with Crippen molar-refractivity contribution < 1.29 is 29.0 Å². The zero-order valence-corrected chi connectivity index (χ0v) is 16.5. The maximum Gasteiger partial charge on any atom is 0.317 e. The number of hydrogen-bond donors (Lipinski definition) is 1. The second-order valence-corrected chi connectivity index (χ2v) is 7.86. The van der Waals surface area contributed by atoms with E-state index in [0.717, 1.165) is 0 Å². The summed E-state index contributed by atoms with van der Waals surface area (Å²) in [5.41, 5.74) is -1.01. The topological polar surface area (TPSA) is 89.9 Å². The van der Waals surface area contributed by atoms with Gasteiger partial charge in [-0.05, 0) is 40.2 Å². The second-order valence-electron chi connectivity index (χ2n) is 7.86. The Kier molecular flexibility index (Phi) is 6.42. The zero-order chi connectivity index (χ0) is 20.4. The van der Waals surface area contributed by atoms with Crippen LogP contribution in [0.25, 0.3) is 0 Å². The quantitative estimate of drug-likeness (QED) is 0.628. The van der Waals surface area contributed by atoms with Crippen LogP contribution >= 0.6 is 0 Å². The second kappa shape index (κ2) is 8.21. The molecule has 0 saturated heterocycles. The zero-order valence-electron chi connectivity index (χ0n) is 16.5. The van der Waals surface area contributed by atoms with E-state index in [-0.39, 0.29) is 12.5 Å². The van der Waals surface area contributed by atoms with Crippen LogP contribution in [0.2, 0.25) is 0 Å². The van der Waals surface area contributed by atoms with Gasteiger partial charge in [0.25, 0.3) is 0 Å². The third kappa shape index (κ3) is 4.75. The standard InChI is InChI=1S/C21H28O6/c1-12(2)26-19(23)17-15(22)11-21(5,25)18(20(24)27-13(3)4)16(17)14-9-7-6-8-10-14/h6-10,12-13,16-18,25H,11H2,1-5H3/t16-,17-,18+,21+/m1/s1. The minimum atomic E-state index is -1.63. The molecule has 1 saturated carbocycles. The largest absolute Gasteiger partial charge is 0.463 e. The molecule has 0 bridgehead atoms. The first-order valence-corrected chi connectivity index (χ1v) is 9.25. The van der Waals surface area contributed by atoms with Gasteiger partial charge in [-0.25, -0.2) is 0 Å². The monoisotopic (exact) mass is 376 g/mol. The summed E-state index contributed by atoms with van der Waals surface area (Å²) in [7, 11) is 0. The van der Waals surface area contributed by atoms with Crippen LogP contribution in [0.1, 0.15) is 52.5 Å². The molecule has 0 aliphatic heterocycles. The number of Topliss-reactive ketones (excluding diaryl/α,β-unsaturated/α-hetero) is 1. The van der Waals surface area contributed by atoms with E-state index in [1.165, 1.54) is 6.92 Å². The lowest BCUT2D eigenvalue weighted by atomic mass is 9.61. The number of benzene rings is 1. The van der Waals surface area contributed by atoms with Gasteiger partial charge < -0.3 is 14.6 Å². The van der Waals surface area contributed by atoms with E-state index >= 15 is 0 Å². The van der Waals surface area contributed by atoms with Gasteiger partial charge >= 0.3 is 11.9 Å². The summed E-state index contributed by atoms with van der Waals surface area (Å²) in [5, 5.41) is 10.9. The lowest BCUT2D eigenvalue weighted by Gasteiger charge is -2.44. The number of carbonyl (C=O) groups excluding carboxylic acids is 3. The summed E-state index contributed by atoms with van der Waals surface area (Å²) in [5.74, 6) is -4.84. The Morgan fingerprint density at radius 2 is 1.56 bits per heavy atom. The van der Waals surface area contributed by atoms with Gasteiger partial charge in [0.2, 0.25) is 0 Å². The van der Waals surface area contributed by atoms with E-state index in [1.807, 2.05) is 0 Å². The fourth-order valence-electron chi connectivity index (χ4n) is 3.70. The SMILES string of the molecule is CC(C)OC(=O)[C@@H]1C(=O)C[C@](C)(O)[C@H](C(=O)OC(C)C)[C@@H]1c1ccccc1. The number of aliphatic hydroxyl groups is 1. The molecule has 0 amide bonds. The molecule has 1 aromatic rings. The van der Waals surface area contributed by atoms with Gasteiger partial charge in [-0.3, -0.25) is 14.4 Å². The molecule has 4 atom stereocenters. The molecule has 0 radical (unpaired) electrons. The average molecular weight is 376 g/mol. The highest BCUT2D eigenvalue weighted by atomic mass is 16.5. The summed E-state index contributed by atoms with van der Waals surface area (Å²) in [6, 6.07) is 8.81. The molecule has 0 spiro atoms. The van der Waals surface area contributed by atoms with Gasteiger partial charge in [-0.15, -0.1) is 0 Å². The van der Waals surface area contributed by atoms with Gasteiger partial charge in [-0.1, -0.05) is 30.3 Å². The molecule has 1 aliphatic rings. The molecular weight excluding hydrogens is 348 g/mol. The molecule has 0 heterocycles. The van der Waals surface area contributed by atoms with Crippen molar-refractivity contribution in [3.05, 3.63) is 35.9 Å². The van der Waals surface area contributed by atoms with Crippen LogP contribution in [0.3, 0.4) is 0 Å². The Morgan fingerprint density at radius 3 is 2.07 bits per heavy atom. The fraction of sp³-hybridized carbons (Fsp3) is 0.571. The number of rotatable bonds is 5. The van der Waals surface area contributed by atoms with Crippen LogP contribution in [0, 0.1) is 11.8 Å². The first-order valence-electron chi connectivity index (χ1n) is 9.25. The van der Waals surface area contributed by atoms with Gasteiger partial charge in [0.1, 0.15) is 5.92 Å². The number of ketones is 1. The normalized spacial score (nSPS) is 28.3. The highest BCUT2D eigenvalue weighted by molar-refractivity contribution is 6.02. The van der Waals surface area contributed by atoms with Crippen molar-refractivity contribution >= 4 is 17.7 Å². The predicted molar refractivity (Wildman–Crippen MR) is 98.9 cm³/mol. The molecule has 1 aromatic carbocycles. The third-order valence-electron chi connectivity index (χ3n) is 4.66. The summed E-state index contributed by atoms with van der Waals surface area (Å²) in [4.78, 5) is 38.4. The van der Waals surface area contributed by atoms with Crippen LogP contribution in [0.15, 0.2) is 30.3 Å². The molecule has 1 N–H and O–H groups in total. The lowest BCUT2D eigenvalue weighted by Crippen LogP contribution is -2.55. The van der Waals surface area contributed by atoms with E-state index in [0.29, 0.717) is 5.56 Å². The molecule has 6 nitrogen and oxygen atoms in total. The number of ether oxygens (including phenoxy) is 2. The van der Waals surface area contributed by atoms with Gasteiger partial charge in [-0.2, -0.15) is 0 Å². The predicted octanol–water partition coefficient (Wildman–Crippen LogP) is 2.63. The van der Waals surface area contributed by atoms with Crippen LogP contribution in [-0.4, -0.2) is 40.6 Å². The number of carbonyl (C=O) groups is 3. The molecule has 27 heavy (non-hydrogen) atoms. The van der Waals surface area contributed by atoms with Crippen LogP contribution in [-0.2, 0) is 23.9 Å². The maximum atomic E-state index is 12.9. The smallest absolute Gasteiger partial charge is 0.317 e. The summed E-state index contributed by atoms with van der Waals surface area (Å²) >= 11 is 0. The van der Waals surface area contributed by atoms with E-state index in [1.54, 1.807) is 58.0 Å². The number of hydrogen-bond acceptors (Lipinski definition) is 6. The van der Waals surface area contributed by atoms with Crippen molar-refractivity contribution in [2.45, 2.75) is 64.8 Å². The van der Waals surface area contributed by atoms with Gasteiger partial charge in [0.15, 0.2) is 5.78 Å². The van der Waals surface area contributed by atoms with Crippen molar-refractivity contribution in [3.8, 4) is 0 Å². The summed E-state index contributed by atoms with van der Waals surface area (Å²) < 4.78 is 10.7. The number of esters is 2. The Labute approximate surface area is 159 Å². The van der Waals surface area contributed by atoms with E-state index in [4.69, 9.17) is 9.47 Å². The minimum absolute atomic E-state index is 0.313. The minimum Gasteiger partial charge on any atom is -0.463 e. The van der Waals surface area contributed by atoms with Crippen molar-refractivity contribution in [2.24, 2.45) is 11.8 Å². The fourth-order valence-corrected chi connectivity index (χ4v) is 3.70. The van der Waals surface area contributed by atoms with Gasteiger partial charge in [0, 0.05) is 12.3 Å². The first-order chi connectivity index (χ1) is 12.5. The van der Waals surface area contributed by atoms with Gasteiger partial charge in [0.05, 0.1) is 23.7 Å². The van der Waals surface area contributed by atoms with Crippen molar-refractivity contribution in [3.63, 3.8) is 0 Å². The molecule has 0 unspecified atom stereocenters. The van der Waals surface area contributed by atoms with Crippen molar-refractivity contribution in [1.82, 2.24) is 0 Å². The Hall–Kier alpha value is -2.21. The van der Waals surface area contributed by atoms with E-state index in [9.17, 15) is 19.5 Å². The van der Waals surface area contributed by atoms with Crippen LogP contribution in [0.4, 0.5) is 0 Å². The van der Waals surface area contributed by atoms with E-state index < -0.39 is 47.2 Å². The molecule has 0 aromatic heterocycles. The molecular formula is C21H28O6. The van der Waals surface area contributed by atoms with E-state index in [2.05, 4.69) is 0 Å². The highest BCUT2D eigenvalue weighted by Crippen LogP contribution is 2.46.